The van der Waals surface area contributed by atoms with E-state index >= 15 is 0 Å². The largest absolute Gasteiger partial charge is 0.397 e. The fraction of sp³-hybridized carbons (Fsp3) is 0.533. The van der Waals surface area contributed by atoms with Crippen LogP contribution in [-0.2, 0) is 0 Å². The summed E-state index contributed by atoms with van der Waals surface area (Å²) in [6, 6.07) is 5.40. The molecule has 104 valence electrons. The number of rotatable bonds is 2. The molecule has 0 aliphatic heterocycles. The number of carbonyl (C=O) groups excluding carboxylic acids is 1. The van der Waals surface area contributed by atoms with Gasteiger partial charge in [0.25, 0.3) is 5.91 Å². The number of carbonyl (C=O) groups is 1. The van der Waals surface area contributed by atoms with E-state index in [4.69, 9.17) is 17.3 Å². The average Bonchev–Trinajstić information content (AvgIpc) is 2.31. The van der Waals surface area contributed by atoms with Gasteiger partial charge in [0.15, 0.2) is 0 Å². The standard InChI is InChI=1S/C15H21ClN2O/c1-9-6-10(2)8-11(7-9)18-15(19)12-4-3-5-13(16)14(12)17/h3-5,9-11H,6-8,17H2,1-2H3,(H,18,19). The van der Waals surface area contributed by atoms with Crippen molar-refractivity contribution >= 4 is 23.2 Å². The zero-order valence-corrected chi connectivity index (χ0v) is 12.2. The normalized spacial score (nSPS) is 27.0. The number of anilines is 1. The third kappa shape index (κ3) is 3.41. The molecule has 3 N–H and O–H groups in total. The average molecular weight is 281 g/mol. The summed E-state index contributed by atoms with van der Waals surface area (Å²) in [6.45, 7) is 4.48. The molecule has 1 aromatic carbocycles. The number of para-hydroxylation sites is 1. The summed E-state index contributed by atoms with van der Waals surface area (Å²) < 4.78 is 0. The quantitative estimate of drug-likeness (QED) is 0.815. The van der Waals surface area contributed by atoms with Gasteiger partial charge >= 0.3 is 0 Å². The first-order valence-electron chi connectivity index (χ1n) is 6.82. The van der Waals surface area contributed by atoms with E-state index in [1.54, 1.807) is 18.2 Å². The molecule has 0 heterocycles. The molecule has 1 aliphatic carbocycles. The second kappa shape index (κ2) is 5.83. The molecule has 1 aromatic rings. The van der Waals surface area contributed by atoms with Crippen LogP contribution in [0.25, 0.3) is 0 Å². The fourth-order valence-corrected chi connectivity index (χ4v) is 3.24. The molecule has 2 rings (SSSR count). The summed E-state index contributed by atoms with van der Waals surface area (Å²) in [5.74, 6) is 1.20. The summed E-state index contributed by atoms with van der Waals surface area (Å²) in [6.07, 6.45) is 3.32. The van der Waals surface area contributed by atoms with Gasteiger partial charge in [-0.15, -0.1) is 0 Å². The Hall–Kier alpha value is -1.22. The zero-order valence-electron chi connectivity index (χ0n) is 11.4. The van der Waals surface area contributed by atoms with Crippen LogP contribution in [0.1, 0.15) is 43.5 Å². The van der Waals surface area contributed by atoms with Crippen LogP contribution in [0, 0.1) is 11.8 Å². The number of amides is 1. The number of nitrogen functional groups attached to an aromatic ring is 1. The van der Waals surface area contributed by atoms with E-state index in [2.05, 4.69) is 19.2 Å². The molecular formula is C15H21ClN2O. The Morgan fingerprint density at radius 1 is 1.26 bits per heavy atom. The summed E-state index contributed by atoms with van der Waals surface area (Å²) in [4.78, 5) is 12.2. The lowest BCUT2D eigenvalue weighted by atomic mass is 9.80. The van der Waals surface area contributed by atoms with Crippen LogP contribution in [0.2, 0.25) is 5.02 Å². The predicted molar refractivity (Wildman–Crippen MR) is 79.3 cm³/mol. The molecule has 0 aromatic heterocycles. The molecule has 0 saturated heterocycles. The van der Waals surface area contributed by atoms with Crippen molar-refractivity contribution in [1.82, 2.24) is 5.32 Å². The van der Waals surface area contributed by atoms with Crippen LogP contribution in [0.15, 0.2) is 18.2 Å². The van der Waals surface area contributed by atoms with Crippen LogP contribution in [0.3, 0.4) is 0 Å². The molecule has 1 saturated carbocycles. The molecular weight excluding hydrogens is 260 g/mol. The highest BCUT2D eigenvalue weighted by molar-refractivity contribution is 6.33. The minimum absolute atomic E-state index is 0.119. The zero-order chi connectivity index (χ0) is 14.0. The van der Waals surface area contributed by atoms with Crippen molar-refractivity contribution in [1.29, 1.82) is 0 Å². The Morgan fingerprint density at radius 2 is 1.89 bits per heavy atom. The molecule has 1 aliphatic rings. The van der Waals surface area contributed by atoms with Gasteiger partial charge < -0.3 is 11.1 Å². The van der Waals surface area contributed by atoms with E-state index < -0.39 is 0 Å². The van der Waals surface area contributed by atoms with E-state index in [1.165, 1.54) is 6.42 Å². The first-order valence-corrected chi connectivity index (χ1v) is 7.20. The number of nitrogens with two attached hydrogens (primary N) is 1. The molecule has 2 atom stereocenters. The van der Waals surface area contributed by atoms with E-state index in [0.717, 1.165) is 12.8 Å². The molecule has 0 spiro atoms. The van der Waals surface area contributed by atoms with Crippen LogP contribution < -0.4 is 11.1 Å². The Kier molecular flexibility index (Phi) is 4.35. The molecule has 2 unspecified atom stereocenters. The van der Waals surface area contributed by atoms with E-state index in [-0.39, 0.29) is 11.9 Å². The molecule has 19 heavy (non-hydrogen) atoms. The topological polar surface area (TPSA) is 55.1 Å². The van der Waals surface area contributed by atoms with Gasteiger partial charge in [0.05, 0.1) is 16.3 Å². The number of hydrogen-bond donors (Lipinski definition) is 2. The Morgan fingerprint density at radius 3 is 2.53 bits per heavy atom. The van der Waals surface area contributed by atoms with Crippen molar-refractivity contribution in [3.63, 3.8) is 0 Å². The second-order valence-electron chi connectivity index (χ2n) is 5.79. The minimum Gasteiger partial charge on any atom is -0.397 e. The van der Waals surface area contributed by atoms with Gasteiger partial charge in [-0.1, -0.05) is 31.5 Å². The summed E-state index contributed by atoms with van der Waals surface area (Å²) >= 11 is 5.94. The first kappa shape index (κ1) is 14.2. The maximum Gasteiger partial charge on any atom is 0.253 e. The summed E-state index contributed by atoms with van der Waals surface area (Å²) in [5.41, 5.74) is 6.68. The molecule has 0 bridgehead atoms. The van der Waals surface area contributed by atoms with Crippen molar-refractivity contribution in [2.75, 3.05) is 5.73 Å². The van der Waals surface area contributed by atoms with Gasteiger partial charge in [0, 0.05) is 6.04 Å². The highest BCUT2D eigenvalue weighted by atomic mass is 35.5. The molecule has 4 heteroatoms. The van der Waals surface area contributed by atoms with Crippen molar-refractivity contribution in [2.24, 2.45) is 11.8 Å². The number of hydrogen-bond acceptors (Lipinski definition) is 2. The highest BCUT2D eigenvalue weighted by Crippen LogP contribution is 2.29. The second-order valence-corrected chi connectivity index (χ2v) is 6.20. The molecule has 1 amide bonds. The third-order valence-corrected chi connectivity index (χ3v) is 4.14. The number of nitrogens with one attached hydrogen (secondary N) is 1. The van der Waals surface area contributed by atoms with Crippen molar-refractivity contribution in [3.05, 3.63) is 28.8 Å². The van der Waals surface area contributed by atoms with E-state index in [1.807, 2.05) is 0 Å². The first-order chi connectivity index (χ1) is 8.97. The smallest absolute Gasteiger partial charge is 0.253 e. The molecule has 1 fully saturated rings. The summed E-state index contributed by atoms with van der Waals surface area (Å²) in [7, 11) is 0. The van der Waals surface area contributed by atoms with Crippen LogP contribution >= 0.6 is 11.6 Å². The number of benzene rings is 1. The lowest BCUT2D eigenvalue weighted by Gasteiger charge is -2.32. The van der Waals surface area contributed by atoms with Crippen molar-refractivity contribution < 1.29 is 4.79 Å². The van der Waals surface area contributed by atoms with Gasteiger partial charge in [0.2, 0.25) is 0 Å². The Labute approximate surface area is 119 Å². The van der Waals surface area contributed by atoms with Gasteiger partial charge in [0.1, 0.15) is 0 Å². The monoisotopic (exact) mass is 280 g/mol. The molecule has 0 radical (unpaired) electrons. The lowest BCUT2D eigenvalue weighted by molar-refractivity contribution is 0.0912. The Balaban J connectivity index is 2.06. The van der Waals surface area contributed by atoms with Gasteiger partial charge in [-0.05, 0) is 43.2 Å². The third-order valence-electron chi connectivity index (χ3n) is 3.81. The minimum atomic E-state index is -0.119. The molecule has 3 nitrogen and oxygen atoms in total. The van der Waals surface area contributed by atoms with E-state index in [9.17, 15) is 4.79 Å². The van der Waals surface area contributed by atoms with Crippen LogP contribution in [0.4, 0.5) is 5.69 Å². The fourth-order valence-electron chi connectivity index (χ4n) is 3.06. The van der Waals surface area contributed by atoms with Gasteiger partial charge in [-0.3, -0.25) is 4.79 Å². The lowest BCUT2D eigenvalue weighted by Crippen LogP contribution is -2.40. The van der Waals surface area contributed by atoms with Gasteiger partial charge in [-0.25, -0.2) is 0 Å². The van der Waals surface area contributed by atoms with Crippen molar-refractivity contribution in [2.45, 2.75) is 39.2 Å². The van der Waals surface area contributed by atoms with E-state index in [0.29, 0.717) is 28.1 Å². The van der Waals surface area contributed by atoms with Crippen LogP contribution in [0.5, 0.6) is 0 Å². The predicted octanol–water partition coefficient (Wildman–Crippen LogP) is 3.48. The Bertz CT molecular complexity index is 465. The highest BCUT2D eigenvalue weighted by Gasteiger charge is 2.25. The SMILES string of the molecule is CC1CC(C)CC(NC(=O)c2cccc(Cl)c2N)C1. The van der Waals surface area contributed by atoms with Crippen molar-refractivity contribution in [3.8, 4) is 0 Å². The maximum absolute atomic E-state index is 12.2. The maximum atomic E-state index is 12.2. The summed E-state index contributed by atoms with van der Waals surface area (Å²) in [5, 5.41) is 3.52. The van der Waals surface area contributed by atoms with Crippen LogP contribution in [-0.4, -0.2) is 11.9 Å². The van der Waals surface area contributed by atoms with Gasteiger partial charge in [-0.2, -0.15) is 0 Å². The number of halogens is 1.